The van der Waals surface area contributed by atoms with Crippen LogP contribution in [0.3, 0.4) is 0 Å². The van der Waals surface area contributed by atoms with Crippen LogP contribution in [-0.2, 0) is 14.4 Å². The largest absolute Gasteiger partial charge is 0.480 e. The zero-order valence-electron chi connectivity index (χ0n) is 11.4. The number of anilines is 1. The predicted molar refractivity (Wildman–Crippen MR) is 72.2 cm³/mol. The number of aliphatic carboxylic acids is 1. The third kappa shape index (κ3) is 3.36. The van der Waals surface area contributed by atoms with Gasteiger partial charge in [0.15, 0.2) is 0 Å². The molecule has 0 unspecified atom stereocenters. The third-order valence-corrected chi connectivity index (χ3v) is 3.36. The number of carboxylic acids is 1. The molecule has 1 aliphatic heterocycles. The van der Waals surface area contributed by atoms with E-state index in [1.165, 1.54) is 17.0 Å². The summed E-state index contributed by atoms with van der Waals surface area (Å²) in [5, 5.41) is 10.8. The van der Waals surface area contributed by atoms with Crippen molar-refractivity contribution < 1.29 is 23.9 Å². The van der Waals surface area contributed by atoms with Gasteiger partial charge in [-0.2, -0.15) is 0 Å². The van der Waals surface area contributed by atoms with E-state index >= 15 is 0 Å². The first-order chi connectivity index (χ1) is 9.88. The second-order valence-corrected chi connectivity index (χ2v) is 4.95. The Morgan fingerprint density at radius 2 is 2.19 bits per heavy atom. The van der Waals surface area contributed by atoms with Crippen molar-refractivity contribution in [3.63, 3.8) is 0 Å². The Morgan fingerprint density at radius 1 is 1.48 bits per heavy atom. The molecule has 0 radical (unpaired) electrons. The Kier molecular flexibility index (Phi) is 4.21. The van der Waals surface area contributed by atoms with E-state index in [-0.39, 0.29) is 24.7 Å². The highest BCUT2D eigenvalue weighted by Gasteiger charge is 2.35. The number of aryl methyl sites for hydroxylation is 1. The van der Waals surface area contributed by atoms with Gasteiger partial charge >= 0.3 is 5.97 Å². The molecule has 112 valence electrons. The van der Waals surface area contributed by atoms with Crippen LogP contribution >= 0.6 is 0 Å². The zero-order valence-corrected chi connectivity index (χ0v) is 11.4. The average Bonchev–Trinajstić information content (AvgIpc) is 2.81. The van der Waals surface area contributed by atoms with Crippen molar-refractivity contribution >= 4 is 23.5 Å². The summed E-state index contributed by atoms with van der Waals surface area (Å²) < 4.78 is 13.2. The lowest BCUT2D eigenvalue weighted by atomic mass is 10.1. The molecule has 21 heavy (non-hydrogen) atoms. The maximum Gasteiger partial charge on any atom is 0.322 e. The summed E-state index contributed by atoms with van der Waals surface area (Å²) in [6, 6.07) is 4.30. The van der Waals surface area contributed by atoms with E-state index in [0.717, 1.165) is 0 Å². The molecular weight excluding hydrogens is 279 g/mol. The minimum atomic E-state index is -1.14. The highest BCUT2D eigenvalue weighted by Crippen LogP contribution is 2.26. The van der Waals surface area contributed by atoms with E-state index in [4.69, 9.17) is 5.11 Å². The first kappa shape index (κ1) is 15.0. The van der Waals surface area contributed by atoms with Gasteiger partial charge in [0.05, 0.1) is 5.92 Å². The van der Waals surface area contributed by atoms with Crippen LogP contribution in [0, 0.1) is 18.7 Å². The number of nitrogens with one attached hydrogen (secondary N) is 1. The first-order valence-corrected chi connectivity index (χ1v) is 6.44. The van der Waals surface area contributed by atoms with Crippen LogP contribution in [0.4, 0.5) is 10.1 Å². The van der Waals surface area contributed by atoms with Gasteiger partial charge in [0.2, 0.25) is 11.8 Å². The molecule has 1 fully saturated rings. The molecule has 1 aromatic carbocycles. The van der Waals surface area contributed by atoms with Gasteiger partial charge in [-0.1, -0.05) is 0 Å². The van der Waals surface area contributed by atoms with Crippen molar-refractivity contribution in [2.75, 3.05) is 18.0 Å². The average molecular weight is 294 g/mol. The molecule has 1 aliphatic rings. The molecule has 0 saturated carbocycles. The van der Waals surface area contributed by atoms with Crippen molar-refractivity contribution in [3.8, 4) is 0 Å². The molecule has 0 aliphatic carbocycles. The second kappa shape index (κ2) is 5.90. The molecular formula is C14H15FN2O4. The van der Waals surface area contributed by atoms with Gasteiger partial charge in [-0.05, 0) is 30.7 Å². The standard InChI is InChI=1S/C14H15FN2O4/c1-8-4-10(2-3-11(8)15)17-7-9(5-12(17)18)14(21)16-6-13(19)20/h2-4,9H,5-7H2,1H3,(H,16,21)(H,19,20)/t9-/m0/s1. The van der Waals surface area contributed by atoms with Crippen LogP contribution in [0.15, 0.2) is 18.2 Å². The lowest BCUT2D eigenvalue weighted by molar-refractivity contribution is -0.138. The molecule has 1 aromatic rings. The lowest BCUT2D eigenvalue weighted by Crippen LogP contribution is -2.36. The molecule has 6 nitrogen and oxygen atoms in total. The van der Waals surface area contributed by atoms with Gasteiger partial charge in [0, 0.05) is 18.7 Å². The van der Waals surface area contributed by atoms with E-state index < -0.39 is 24.3 Å². The summed E-state index contributed by atoms with van der Waals surface area (Å²) in [4.78, 5) is 35.6. The number of rotatable bonds is 4. The van der Waals surface area contributed by atoms with E-state index in [0.29, 0.717) is 11.3 Å². The van der Waals surface area contributed by atoms with Crippen LogP contribution in [0.5, 0.6) is 0 Å². The summed E-state index contributed by atoms with van der Waals surface area (Å²) >= 11 is 0. The van der Waals surface area contributed by atoms with Gasteiger partial charge in [0.25, 0.3) is 0 Å². The van der Waals surface area contributed by atoms with Gasteiger partial charge in [-0.15, -0.1) is 0 Å². The van der Waals surface area contributed by atoms with Crippen LogP contribution < -0.4 is 10.2 Å². The molecule has 2 amide bonds. The Bertz CT molecular complexity index is 603. The van der Waals surface area contributed by atoms with Crippen LogP contribution in [0.2, 0.25) is 0 Å². The maximum atomic E-state index is 13.2. The van der Waals surface area contributed by atoms with E-state index in [1.807, 2.05) is 0 Å². The molecule has 1 saturated heterocycles. The highest BCUT2D eigenvalue weighted by molar-refractivity contribution is 6.00. The lowest BCUT2D eigenvalue weighted by Gasteiger charge is -2.17. The third-order valence-electron chi connectivity index (χ3n) is 3.36. The number of nitrogens with zero attached hydrogens (tertiary/aromatic N) is 1. The fraction of sp³-hybridized carbons (Fsp3) is 0.357. The number of halogens is 1. The molecule has 1 heterocycles. The van der Waals surface area contributed by atoms with Gasteiger partial charge in [-0.3, -0.25) is 14.4 Å². The van der Waals surface area contributed by atoms with Crippen molar-refractivity contribution in [1.82, 2.24) is 5.32 Å². The Labute approximate surface area is 120 Å². The minimum Gasteiger partial charge on any atom is -0.480 e. The SMILES string of the molecule is Cc1cc(N2C[C@@H](C(=O)NCC(=O)O)CC2=O)ccc1F. The van der Waals surface area contributed by atoms with Crippen LogP contribution in [0.1, 0.15) is 12.0 Å². The van der Waals surface area contributed by atoms with Crippen molar-refractivity contribution in [2.45, 2.75) is 13.3 Å². The Balaban J connectivity index is 2.07. The van der Waals surface area contributed by atoms with Crippen molar-refractivity contribution in [3.05, 3.63) is 29.6 Å². The second-order valence-electron chi connectivity index (χ2n) is 4.95. The van der Waals surface area contributed by atoms with Crippen molar-refractivity contribution in [2.24, 2.45) is 5.92 Å². The Hall–Kier alpha value is -2.44. The van der Waals surface area contributed by atoms with Gasteiger partial charge < -0.3 is 15.3 Å². The topological polar surface area (TPSA) is 86.7 Å². The zero-order chi connectivity index (χ0) is 15.6. The number of benzene rings is 1. The van der Waals surface area contributed by atoms with Crippen molar-refractivity contribution in [1.29, 1.82) is 0 Å². The summed E-state index contributed by atoms with van der Waals surface area (Å²) in [5.41, 5.74) is 0.950. The maximum absolute atomic E-state index is 13.2. The highest BCUT2D eigenvalue weighted by atomic mass is 19.1. The molecule has 2 N–H and O–H groups in total. The number of amides is 2. The minimum absolute atomic E-state index is 0.0158. The molecule has 1 atom stereocenters. The fourth-order valence-corrected chi connectivity index (χ4v) is 2.24. The van der Waals surface area contributed by atoms with E-state index in [2.05, 4.69) is 5.32 Å². The van der Waals surface area contributed by atoms with Gasteiger partial charge in [-0.25, -0.2) is 4.39 Å². The van der Waals surface area contributed by atoms with Gasteiger partial charge in [0.1, 0.15) is 12.4 Å². The van der Waals surface area contributed by atoms with Crippen LogP contribution in [0.25, 0.3) is 0 Å². The Morgan fingerprint density at radius 3 is 2.81 bits per heavy atom. The monoisotopic (exact) mass is 294 g/mol. The number of carboxylic acid groups (broad SMARTS) is 1. The quantitative estimate of drug-likeness (QED) is 0.855. The molecule has 0 aromatic heterocycles. The number of carbonyl (C=O) groups excluding carboxylic acids is 2. The first-order valence-electron chi connectivity index (χ1n) is 6.44. The number of carbonyl (C=O) groups is 3. The molecule has 2 rings (SSSR count). The number of hydrogen-bond acceptors (Lipinski definition) is 3. The summed E-state index contributed by atoms with van der Waals surface area (Å²) in [7, 11) is 0. The summed E-state index contributed by atoms with van der Waals surface area (Å²) in [5.74, 6) is -2.80. The van der Waals surface area contributed by atoms with Crippen LogP contribution in [-0.4, -0.2) is 36.0 Å². The summed E-state index contributed by atoms with van der Waals surface area (Å²) in [6.45, 7) is 1.28. The van der Waals surface area contributed by atoms with E-state index in [9.17, 15) is 18.8 Å². The molecule has 0 bridgehead atoms. The normalized spacial score (nSPS) is 17.9. The number of hydrogen-bond donors (Lipinski definition) is 2. The molecule has 7 heteroatoms. The fourth-order valence-electron chi connectivity index (χ4n) is 2.24. The van der Waals surface area contributed by atoms with E-state index in [1.54, 1.807) is 13.0 Å². The predicted octanol–water partition coefficient (Wildman–Crippen LogP) is 0.688. The summed E-state index contributed by atoms with van der Waals surface area (Å²) in [6.07, 6.45) is 0.0158. The molecule has 0 spiro atoms. The smallest absolute Gasteiger partial charge is 0.322 e.